The number of H-pyrrole nitrogens is 1. The summed E-state index contributed by atoms with van der Waals surface area (Å²) in [6.07, 6.45) is 2.42. The molecule has 0 radical (unpaired) electrons. The summed E-state index contributed by atoms with van der Waals surface area (Å²) < 4.78 is 5.13. The van der Waals surface area contributed by atoms with Gasteiger partial charge in [0.25, 0.3) is 5.89 Å². The number of likely N-dealkylation sites (N-methyl/N-ethyl adjacent to an activating group) is 1. The molecule has 0 fully saturated rings. The van der Waals surface area contributed by atoms with Crippen LogP contribution in [0.3, 0.4) is 0 Å². The van der Waals surface area contributed by atoms with E-state index in [1.54, 1.807) is 12.3 Å². The van der Waals surface area contributed by atoms with E-state index in [2.05, 4.69) is 20.0 Å². The average Bonchev–Trinajstić information content (AvgIpc) is 2.94. The summed E-state index contributed by atoms with van der Waals surface area (Å²) >= 11 is 0. The molecule has 0 aliphatic rings. The van der Waals surface area contributed by atoms with Gasteiger partial charge in [-0.1, -0.05) is 5.16 Å². The molecule has 0 aliphatic heterocycles. The molecule has 17 heavy (non-hydrogen) atoms. The highest BCUT2D eigenvalue weighted by atomic mass is 16.5. The maximum absolute atomic E-state index is 8.69. The zero-order chi connectivity index (χ0) is 12.3. The molecule has 0 aliphatic carbocycles. The maximum Gasteiger partial charge on any atom is 0.259 e. The maximum atomic E-state index is 8.69. The molecule has 0 amide bonds. The summed E-state index contributed by atoms with van der Waals surface area (Å²) in [4.78, 5) is 9.14. The Balaban J connectivity index is 2.10. The lowest BCUT2D eigenvalue weighted by Crippen LogP contribution is -2.15. The molecule has 0 bridgehead atoms. The Labute approximate surface area is 98.9 Å². The predicted molar refractivity (Wildman–Crippen MR) is 61.1 cm³/mol. The number of aromatic nitrogens is 3. The van der Waals surface area contributed by atoms with Crippen molar-refractivity contribution in [2.75, 3.05) is 20.6 Å². The van der Waals surface area contributed by atoms with E-state index in [4.69, 9.17) is 9.78 Å². The van der Waals surface area contributed by atoms with Gasteiger partial charge < -0.3 is 14.4 Å². The Hall–Kier alpha value is -2.13. The summed E-state index contributed by atoms with van der Waals surface area (Å²) in [5, 5.41) is 12.6. The third kappa shape index (κ3) is 2.71. The lowest BCUT2D eigenvalue weighted by molar-refractivity contribution is 0.392. The first kappa shape index (κ1) is 11.4. The Morgan fingerprint density at radius 2 is 2.35 bits per heavy atom. The van der Waals surface area contributed by atoms with Crippen molar-refractivity contribution in [3.63, 3.8) is 0 Å². The number of aromatic amines is 1. The molecule has 2 aromatic heterocycles. The fraction of sp³-hybridized carbons (Fsp3) is 0.364. The van der Waals surface area contributed by atoms with Crippen LogP contribution >= 0.6 is 0 Å². The first-order chi connectivity index (χ1) is 8.19. The van der Waals surface area contributed by atoms with Crippen LogP contribution in [-0.4, -0.2) is 40.7 Å². The second-order valence-corrected chi connectivity index (χ2v) is 3.98. The Kier molecular flexibility index (Phi) is 3.21. The number of rotatable bonds is 4. The van der Waals surface area contributed by atoms with Gasteiger partial charge in [0.05, 0.1) is 5.56 Å². The third-order valence-corrected chi connectivity index (χ3v) is 2.30. The average molecular weight is 231 g/mol. The predicted octanol–water partition coefficient (Wildman–Crippen LogP) is 1.04. The van der Waals surface area contributed by atoms with Gasteiger partial charge >= 0.3 is 0 Å². The zero-order valence-electron chi connectivity index (χ0n) is 9.77. The molecule has 2 rings (SSSR count). The topological polar surface area (TPSA) is 81.7 Å². The van der Waals surface area contributed by atoms with E-state index in [1.165, 1.54) is 0 Å². The van der Waals surface area contributed by atoms with E-state index in [0.717, 1.165) is 18.5 Å². The minimum atomic E-state index is 0.441. The summed E-state index contributed by atoms with van der Waals surface area (Å²) in [5.41, 5.74) is 1.22. The highest BCUT2D eigenvalue weighted by Crippen LogP contribution is 2.17. The smallest absolute Gasteiger partial charge is 0.259 e. The van der Waals surface area contributed by atoms with Crippen LogP contribution < -0.4 is 0 Å². The Morgan fingerprint density at radius 3 is 3.00 bits per heavy atom. The summed E-state index contributed by atoms with van der Waals surface area (Å²) in [6.45, 7) is 0.871. The van der Waals surface area contributed by atoms with Gasteiger partial charge in [-0.2, -0.15) is 10.2 Å². The summed E-state index contributed by atoms with van der Waals surface area (Å²) in [7, 11) is 3.98. The fourth-order valence-electron chi connectivity index (χ4n) is 1.38. The molecule has 0 spiro atoms. The molecular weight excluding hydrogens is 218 g/mol. The first-order valence-electron chi connectivity index (χ1n) is 5.25. The monoisotopic (exact) mass is 231 g/mol. The van der Waals surface area contributed by atoms with Crippen LogP contribution in [0, 0.1) is 11.3 Å². The van der Waals surface area contributed by atoms with Crippen molar-refractivity contribution in [1.29, 1.82) is 5.26 Å². The third-order valence-electron chi connectivity index (χ3n) is 2.30. The normalized spacial score (nSPS) is 10.7. The van der Waals surface area contributed by atoms with Gasteiger partial charge in [-0.3, -0.25) is 0 Å². The highest BCUT2D eigenvalue weighted by Gasteiger charge is 2.10. The van der Waals surface area contributed by atoms with Crippen molar-refractivity contribution >= 4 is 0 Å². The molecule has 0 atom stereocenters. The fourth-order valence-corrected chi connectivity index (χ4v) is 1.38. The standard InChI is InChI=1S/C11H13N5O/c1-16(2)4-3-10-14-11(17-15-10)8-5-9(6-12)13-7-8/h5,7,13H,3-4H2,1-2H3. The second kappa shape index (κ2) is 4.80. The largest absolute Gasteiger partial charge is 0.352 e. The van der Waals surface area contributed by atoms with E-state index < -0.39 is 0 Å². The van der Waals surface area contributed by atoms with Crippen LogP contribution in [0.5, 0.6) is 0 Å². The second-order valence-electron chi connectivity index (χ2n) is 3.98. The molecule has 6 heteroatoms. The molecule has 0 saturated heterocycles. The van der Waals surface area contributed by atoms with E-state index >= 15 is 0 Å². The van der Waals surface area contributed by atoms with E-state index in [0.29, 0.717) is 17.4 Å². The van der Waals surface area contributed by atoms with Crippen molar-refractivity contribution in [3.05, 3.63) is 23.8 Å². The van der Waals surface area contributed by atoms with Crippen LogP contribution in [-0.2, 0) is 6.42 Å². The van der Waals surface area contributed by atoms with E-state index in [9.17, 15) is 0 Å². The number of hydrogen-bond donors (Lipinski definition) is 1. The first-order valence-corrected chi connectivity index (χ1v) is 5.25. The van der Waals surface area contributed by atoms with Gasteiger partial charge in [0.1, 0.15) is 11.8 Å². The number of nitriles is 1. The molecule has 0 saturated carbocycles. The Morgan fingerprint density at radius 1 is 1.53 bits per heavy atom. The lowest BCUT2D eigenvalue weighted by Gasteiger charge is -2.05. The van der Waals surface area contributed by atoms with E-state index in [1.807, 2.05) is 20.2 Å². The van der Waals surface area contributed by atoms with Crippen LogP contribution in [0.1, 0.15) is 11.5 Å². The molecule has 2 aromatic rings. The lowest BCUT2D eigenvalue weighted by atomic mass is 10.3. The van der Waals surface area contributed by atoms with Gasteiger partial charge in [0.15, 0.2) is 5.82 Å². The van der Waals surface area contributed by atoms with Crippen LogP contribution in [0.2, 0.25) is 0 Å². The van der Waals surface area contributed by atoms with Crippen LogP contribution in [0.15, 0.2) is 16.8 Å². The van der Waals surface area contributed by atoms with Crippen molar-refractivity contribution in [2.45, 2.75) is 6.42 Å². The van der Waals surface area contributed by atoms with Gasteiger partial charge in [-0.05, 0) is 20.2 Å². The van der Waals surface area contributed by atoms with Gasteiger partial charge in [0.2, 0.25) is 0 Å². The molecule has 88 valence electrons. The number of hydrogen-bond acceptors (Lipinski definition) is 5. The Bertz CT molecular complexity index is 534. The van der Waals surface area contributed by atoms with Crippen LogP contribution in [0.4, 0.5) is 0 Å². The minimum absolute atomic E-state index is 0.441. The minimum Gasteiger partial charge on any atom is -0.352 e. The van der Waals surface area contributed by atoms with E-state index in [-0.39, 0.29) is 0 Å². The van der Waals surface area contributed by atoms with Crippen LogP contribution in [0.25, 0.3) is 11.5 Å². The van der Waals surface area contributed by atoms with Crippen molar-refractivity contribution in [1.82, 2.24) is 20.0 Å². The quantitative estimate of drug-likeness (QED) is 0.850. The van der Waals surface area contributed by atoms with Crippen molar-refractivity contribution in [2.24, 2.45) is 0 Å². The molecule has 0 unspecified atom stereocenters. The number of nitrogens with one attached hydrogen (secondary N) is 1. The van der Waals surface area contributed by atoms with Gasteiger partial charge in [-0.25, -0.2) is 0 Å². The van der Waals surface area contributed by atoms with Gasteiger partial charge in [-0.15, -0.1) is 0 Å². The summed E-state index contributed by atoms with van der Waals surface area (Å²) in [6, 6.07) is 3.70. The molecule has 6 nitrogen and oxygen atoms in total. The van der Waals surface area contributed by atoms with Crippen molar-refractivity contribution < 1.29 is 4.52 Å². The zero-order valence-corrected chi connectivity index (χ0v) is 9.77. The molecular formula is C11H13N5O. The SMILES string of the molecule is CN(C)CCc1noc(-c2c[nH]c(C#N)c2)n1. The molecule has 0 aromatic carbocycles. The highest BCUT2D eigenvalue weighted by molar-refractivity contribution is 5.54. The van der Waals surface area contributed by atoms with Crippen molar-refractivity contribution in [3.8, 4) is 17.5 Å². The summed E-state index contributed by atoms with van der Waals surface area (Å²) in [5.74, 6) is 1.12. The number of nitrogens with zero attached hydrogens (tertiary/aromatic N) is 4. The molecule has 2 heterocycles. The van der Waals surface area contributed by atoms with Gasteiger partial charge in [0, 0.05) is 19.2 Å². The molecule has 1 N–H and O–H groups in total.